The normalized spacial score (nSPS) is 24.3. The fraction of sp³-hybridized carbons (Fsp3) is 0.481. The van der Waals surface area contributed by atoms with Gasteiger partial charge in [0.2, 0.25) is 18.5 Å². The van der Waals surface area contributed by atoms with Crippen LogP contribution in [0.2, 0.25) is 0 Å². The van der Waals surface area contributed by atoms with Gasteiger partial charge in [0.25, 0.3) is 35.4 Å². The second-order valence-electron chi connectivity index (χ2n) is 30.7. The van der Waals surface area contributed by atoms with Gasteiger partial charge < -0.3 is 139 Å². The van der Waals surface area contributed by atoms with E-state index in [2.05, 4.69) is 34.4 Å². The third-order valence-electron chi connectivity index (χ3n) is 20.8. The number of imide groups is 1. The predicted octanol–water partition coefficient (Wildman–Crippen LogP) is -0.204. The minimum absolute atomic E-state index is 0.00281. The van der Waals surface area contributed by atoms with E-state index in [1.807, 2.05) is 0 Å². The summed E-state index contributed by atoms with van der Waals surface area (Å²) in [7, 11) is 4.03. The molecule has 0 aromatic heterocycles. The number of carbonyl (C=O) groups is 12. The largest absolute Gasteiger partial charge is 0.493 e. The molecule has 0 radical (unpaired) electrons. The lowest BCUT2D eigenvalue weighted by molar-refractivity contribution is -0.271. The third kappa shape index (κ3) is 20.8. The van der Waals surface area contributed by atoms with Gasteiger partial charge in [0.05, 0.1) is 86.3 Å². The van der Waals surface area contributed by atoms with Crippen LogP contribution in [-0.4, -0.2) is 315 Å². The molecule has 124 heavy (non-hydrogen) atoms. The summed E-state index contributed by atoms with van der Waals surface area (Å²) in [6.07, 6.45) is -24.4. The average Bonchev–Trinajstić information content (AvgIpc) is 1.60. The molecule has 4 aromatic carbocycles. The Labute approximate surface area is 707 Å². The maximum absolute atomic E-state index is 14.8. The Hall–Kier alpha value is -12.3. The number of aliphatic hydroxyl groups is 8. The number of carboxylic acids is 2. The maximum Gasteiger partial charge on any atom is 0.416 e. The standard InChI is InChI=1S/C81H97N9O34/c1-38-25-48-72(104)89(79(111)118-36-40-13-15-51(120-76-63(97)59(93)61(95)65(122-76)74(106)107)44(27-40)67(99)82-19-12-20-83-69(101)50(88-57(91)17-18-58(88)92)33-85-78(110)124-81(3,4)5)46-31-55(53(114-7)29-42(46)70(102)86(48)34-38)116-22-10-9-11-23-117-56-32-47-43(30-54(56)115-8)71(103)87-35-39(2)26-49(87)73(105)90(47)80(112)119-37-41-14-16-52(45(28-41)68(100)84-21-24-113-6)121-77-64(98)60(94)62(96)66(123-77)75(108)109/h13-18,27-32,48-50,59-66,72-73,76-77,93-98,104-105H,1-2,9-12,19-26,33-37H2,3-8H3,(H,82,99)(H,83,101)(H,84,100)(H,85,110)(H,106,107)(H,108,109)/t48-,49-,50?,59-,60-,61-,62-,63+,64+,65-,66-,72?,73?,76+,77+/m0/s1. The third-order valence-corrected chi connectivity index (χ3v) is 20.8. The van der Waals surface area contributed by atoms with E-state index in [0.29, 0.717) is 35.3 Å². The average molecular weight is 1740 g/mol. The first-order valence-electron chi connectivity index (χ1n) is 39.2. The van der Waals surface area contributed by atoms with Gasteiger partial charge in [0.15, 0.2) is 47.7 Å². The number of nitrogens with zero attached hydrogens (tertiary/aromatic N) is 5. The van der Waals surface area contributed by atoms with E-state index in [-0.39, 0.29) is 145 Å². The van der Waals surface area contributed by atoms with Crippen molar-refractivity contribution >= 4 is 82.9 Å². The summed E-state index contributed by atoms with van der Waals surface area (Å²) in [5.41, 5.74) is -0.786. The smallest absolute Gasteiger partial charge is 0.416 e. The molecule has 0 saturated carbocycles. The molecule has 3 unspecified atom stereocenters. The van der Waals surface area contributed by atoms with Crippen molar-refractivity contribution in [2.24, 2.45) is 0 Å². The van der Waals surface area contributed by atoms with Gasteiger partial charge in [-0.1, -0.05) is 36.4 Å². The van der Waals surface area contributed by atoms with Crippen molar-refractivity contribution in [2.75, 3.05) is 90.2 Å². The molecule has 0 bridgehead atoms. The first-order chi connectivity index (χ1) is 58.9. The van der Waals surface area contributed by atoms with Crippen LogP contribution in [0.1, 0.15) is 112 Å². The van der Waals surface area contributed by atoms with Crippen molar-refractivity contribution in [3.05, 3.63) is 131 Å². The van der Waals surface area contributed by atoms with Gasteiger partial charge in [-0.15, -0.1) is 0 Å². The number of hydrogen-bond donors (Lipinski definition) is 14. The molecular weight excluding hydrogens is 1640 g/mol. The van der Waals surface area contributed by atoms with Crippen LogP contribution in [0.25, 0.3) is 0 Å². The molecule has 11 rings (SSSR count). The lowest BCUT2D eigenvalue weighted by Gasteiger charge is -2.38. The predicted molar refractivity (Wildman–Crippen MR) is 421 cm³/mol. The molecule has 15 atom stereocenters. The number of aliphatic hydroxyl groups excluding tert-OH is 8. The van der Waals surface area contributed by atoms with E-state index in [0.717, 1.165) is 28.0 Å². The molecule has 7 aliphatic rings. The highest BCUT2D eigenvalue weighted by atomic mass is 16.7. The zero-order valence-electron chi connectivity index (χ0n) is 68.0. The lowest BCUT2D eigenvalue weighted by Crippen LogP contribution is -2.61. The van der Waals surface area contributed by atoms with E-state index < -0.39 is 195 Å². The molecule has 4 fully saturated rings. The first-order valence-corrected chi connectivity index (χ1v) is 39.2. The molecule has 43 nitrogen and oxygen atoms in total. The van der Waals surface area contributed by atoms with Gasteiger partial charge in [-0.2, -0.15) is 0 Å². The van der Waals surface area contributed by atoms with Crippen LogP contribution in [-0.2, 0) is 65.6 Å². The van der Waals surface area contributed by atoms with E-state index in [9.17, 15) is 109 Å². The number of aliphatic carboxylic acids is 2. The summed E-state index contributed by atoms with van der Waals surface area (Å²) in [4.78, 5) is 167. The van der Waals surface area contributed by atoms with E-state index >= 15 is 0 Å². The molecule has 0 aliphatic carbocycles. The number of benzene rings is 4. The van der Waals surface area contributed by atoms with Gasteiger partial charge >= 0.3 is 30.2 Å². The second kappa shape index (κ2) is 39.9. The van der Waals surface area contributed by atoms with Gasteiger partial charge in [0.1, 0.15) is 73.0 Å². The summed E-state index contributed by atoms with van der Waals surface area (Å²) in [5.74, 6) is -9.46. The number of carboxylic acid groups (broad SMARTS) is 2. The van der Waals surface area contributed by atoms with E-state index in [1.165, 1.54) is 85.7 Å². The summed E-state index contributed by atoms with van der Waals surface area (Å²) in [6.45, 7) is 10.6. The highest BCUT2D eigenvalue weighted by Gasteiger charge is 2.52. The Kier molecular flexibility index (Phi) is 29.7. The van der Waals surface area contributed by atoms with E-state index in [1.54, 1.807) is 20.8 Å². The van der Waals surface area contributed by atoms with Crippen molar-refractivity contribution in [3.8, 4) is 34.5 Å². The highest BCUT2D eigenvalue weighted by molar-refractivity contribution is 6.15. The van der Waals surface area contributed by atoms with Crippen LogP contribution in [0.5, 0.6) is 34.5 Å². The van der Waals surface area contributed by atoms with Crippen LogP contribution in [0, 0.1) is 0 Å². The van der Waals surface area contributed by atoms with Crippen LogP contribution < -0.4 is 59.5 Å². The summed E-state index contributed by atoms with van der Waals surface area (Å²) in [5, 5.41) is 117. The Morgan fingerprint density at radius 1 is 0.516 bits per heavy atom. The summed E-state index contributed by atoms with van der Waals surface area (Å²) < 4.78 is 68.1. The number of amides is 10. The van der Waals surface area contributed by atoms with Gasteiger partial charge in [0, 0.05) is 64.1 Å². The molecule has 4 aromatic rings. The van der Waals surface area contributed by atoms with Gasteiger partial charge in [-0.05, 0) is 107 Å². The molecule has 14 N–H and O–H groups in total. The number of hydrogen-bond acceptors (Lipinski definition) is 32. The Morgan fingerprint density at radius 2 is 0.952 bits per heavy atom. The minimum Gasteiger partial charge on any atom is -0.493 e. The highest BCUT2D eigenvalue weighted by Crippen LogP contribution is 2.45. The fourth-order valence-electron chi connectivity index (χ4n) is 14.6. The number of fused-ring (bicyclic) bond motifs is 4. The Balaban J connectivity index is 0.764. The van der Waals surface area contributed by atoms with Crippen LogP contribution in [0.4, 0.5) is 25.8 Å². The molecule has 670 valence electrons. The van der Waals surface area contributed by atoms with Crippen LogP contribution in [0.15, 0.2) is 97.1 Å². The van der Waals surface area contributed by atoms with Gasteiger partial charge in [-0.25, -0.2) is 33.8 Å². The number of methoxy groups -OCH3 is 3. The van der Waals surface area contributed by atoms with Crippen LogP contribution in [0.3, 0.4) is 0 Å². The molecular formula is C81H97N9O34. The van der Waals surface area contributed by atoms with Crippen molar-refractivity contribution in [3.63, 3.8) is 0 Å². The Morgan fingerprint density at radius 3 is 1.37 bits per heavy atom. The number of alkyl carbamates (subject to hydrolysis) is 1. The van der Waals surface area contributed by atoms with Gasteiger partial charge in [-0.3, -0.25) is 38.5 Å². The quantitative estimate of drug-likeness (QED) is 0.0127. The SMILES string of the molecule is C=C1C[C@H]2C(O)N(C(=O)OCc3ccc(O[C@@H]4O[C@H](C(=O)O)[C@@H](O)[C@H](O)[C@H]4O)c(C(=O)NCCCNC(=O)C(CNC(=O)OC(C)(C)C)N4C(=O)C=CC4=O)c3)c3cc(OCCCCCOc4cc5c(cc4OC)C(=O)N4CC(=C)C[C@H]4C(O)N5C(=O)OCc4ccc(O[C@@H]5O[C@H](C(=O)O)[C@@H](O)[C@H](O)[C@H]5O)c(C(=O)NCCOC)c4)c(OC)cc3C(=O)N2C1. The monoisotopic (exact) mass is 1740 g/mol. The number of unbranched alkanes of at least 4 members (excludes halogenated alkanes) is 2. The number of rotatable bonds is 33. The zero-order valence-corrected chi connectivity index (χ0v) is 68.0. The fourth-order valence-corrected chi connectivity index (χ4v) is 14.6. The molecule has 7 heterocycles. The number of anilines is 2. The molecule has 43 heteroatoms. The minimum atomic E-state index is -2.13. The zero-order chi connectivity index (χ0) is 90.0. The lowest BCUT2D eigenvalue weighted by atomic mass is 9.99. The van der Waals surface area contributed by atoms with E-state index in [4.69, 9.17) is 56.8 Å². The maximum atomic E-state index is 14.8. The second-order valence-corrected chi connectivity index (χ2v) is 30.7. The number of carbonyl (C=O) groups excluding carboxylic acids is 10. The number of ether oxygens (including phenoxy) is 12. The molecule has 10 amide bonds. The summed E-state index contributed by atoms with van der Waals surface area (Å²) in [6, 6.07) is 9.12. The van der Waals surface area contributed by atoms with Crippen molar-refractivity contribution < 1.29 is 165 Å². The van der Waals surface area contributed by atoms with Crippen molar-refractivity contribution in [1.29, 1.82) is 0 Å². The first kappa shape index (κ1) is 92.4. The van der Waals surface area contributed by atoms with Crippen molar-refractivity contribution in [1.82, 2.24) is 36.0 Å². The number of nitrogens with one attached hydrogen (secondary N) is 4. The molecule has 7 aliphatic heterocycles. The van der Waals surface area contributed by atoms with Crippen molar-refractivity contribution in [2.45, 2.75) is 170 Å². The summed E-state index contributed by atoms with van der Waals surface area (Å²) >= 11 is 0. The molecule has 4 saturated heterocycles. The topological polar surface area (TPSA) is 582 Å². The Bertz CT molecular complexity index is 4790. The molecule has 0 spiro atoms. The van der Waals surface area contributed by atoms with Crippen LogP contribution >= 0.6 is 0 Å².